The highest BCUT2D eigenvalue weighted by Crippen LogP contribution is 2.33. The highest BCUT2D eigenvalue weighted by Gasteiger charge is 2.30. The topological polar surface area (TPSA) is 67.4 Å². The smallest absolute Gasteiger partial charge is 0.306 e. The van der Waals surface area contributed by atoms with Crippen molar-refractivity contribution in [1.82, 2.24) is 5.32 Å². The summed E-state index contributed by atoms with van der Waals surface area (Å²) >= 11 is 0. The molecule has 0 fully saturated rings. The van der Waals surface area contributed by atoms with Gasteiger partial charge in [0.15, 0.2) is 0 Å². The van der Waals surface area contributed by atoms with Gasteiger partial charge in [0, 0.05) is 17.8 Å². The summed E-state index contributed by atoms with van der Waals surface area (Å²) in [5.74, 6) is -0.366. The molecule has 1 aliphatic heterocycles. The molecule has 0 saturated carbocycles. The Morgan fingerprint density at radius 1 is 1.50 bits per heavy atom. The Morgan fingerprint density at radius 3 is 3.00 bits per heavy atom. The largest absolute Gasteiger partial charge is 0.469 e. The highest BCUT2D eigenvalue weighted by atomic mass is 16.5. The van der Waals surface area contributed by atoms with Crippen molar-refractivity contribution in [2.24, 2.45) is 0 Å². The third-order valence-electron chi connectivity index (χ3n) is 3.03. The van der Waals surface area contributed by atoms with Gasteiger partial charge in [0.1, 0.15) is 6.04 Å². The van der Waals surface area contributed by atoms with E-state index < -0.39 is 0 Å². The molecule has 5 heteroatoms. The maximum absolute atomic E-state index is 11.8. The van der Waals surface area contributed by atoms with Gasteiger partial charge in [-0.25, -0.2) is 0 Å². The summed E-state index contributed by atoms with van der Waals surface area (Å²) in [5, 5.41) is 5.92. The minimum Gasteiger partial charge on any atom is -0.469 e. The van der Waals surface area contributed by atoms with Crippen molar-refractivity contribution in [3.8, 4) is 0 Å². The fourth-order valence-corrected chi connectivity index (χ4v) is 2.06. The molecule has 0 aliphatic carbocycles. The SMILES string of the molecule is COC(=O)CCNC1C(=O)Nc2c(C)cccc21. The molecule has 1 amide bonds. The van der Waals surface area contributed by atoms with Crippen molar-refractivity contribution in [2.75, 3.05) is 19.0 Å². The van der Waals surface area contributed by atoms with Crippen LogP contribution in [-0.2, 0) is 14.3 Å². The van der Waals surface area contributed by atoms with Gasteiger partial charge in [-0.05, 0) is 12.5 Å². The normalized spacial score (nSPS) is 17.2. The number of methoxy groups -OCH3 is 1. The Kier molecular flexibility index (Phi) is 3.62. The number of anilines is 1. The van der Waals surface area contributed by atoms with Gasteiger partial charge in [0.2, 0.25) is 5.91 Å². The monoisotopic (exact) mass is 248 g/mol. The van der Waals surface area contributed by atoms with E-state index in [0.29, 0.717) is 6.54 Å². The molecule has 2 N–H and O–H groups in total. The lowest BCUT2D eigenvalue weighted by Gasteiger charge is -2.10. The Labute approximate surface area is 106 Å². The van der Waals surface area contributed by atoms with E-state index in [1.165, 1.54) is 7.11 Å². The molecule has 0 radical (unpaired) electrons. The second kappa shape index (κ2) is 5.18. The van der Waals surface area contributed by atoms with E-state index in [4.69, 9.17) is 0 Å². The average Bonchev–Trinajstić information content (AvgIpc) is 2.68. The van der Waals surface area contributed by atoms with Gasteiger partial charge >= 0.3 is 5.97 Å². The van der Waals surface area contributed by atoms with Crippen LogP contribution in [0.15, 0.2) is 18.2 Å². The van der Waals surface area contributed by atoms with E-state index >= 15 is 0 Å². The van der Waals surface area contributed by atoms with Crippen molar-refractivity contribution in [2.45, 2.75) is 19.4 Å². The molecule has 96 valence electrons. The third-order valence-corrected chi connectivity index (χ3v) is 3.03. The standard InChI is InChI=1S/C13H16N2O3/c1-8-4-3-5-9-11(8)15-13(17)12(9)14-7-6-10(16)18-2/h3-5,12,14H,6-7H2,1-2H3,(H,15,17). The number of ether oxygens (including phenoxy) is 1. The van der Waals surface area contributed by atoms with Crippen LogP contribution in [0.5, 0.6) is 0 Å². The second-order valence-electron chi connectivity index (χ2n) is 4.24. The summed E-state index contributed by atoms with van der Waals surface area (Å²) < 4.78 is 4.55. The summed E-state index contributed by atoms with van der Waals surface area (Å²) in [6.07, 6.45) is 0.251. The number of para-hydroxylation sites is 1. The molecular formula is C13H16N2O3. The number of rotatable bonds is 4. The molecule has 0 aromatic heterocycles. The molecule has 1 aromatic carbocycles. The zero-order valence-electron chi connectivity index (χ0n) is 10.4. The van der Waals surface area contributed by atoms with E-state index in [2.05, 4.69) is 15.4 Å². The van der Waals surface area contributed by atoms with Crippen LogP contribution in [0.3, 0.4) is 0 Å². The molecule has 1 heterocycles. The molecule has 1 unspecified atom stereocenters. The molecule has 1 aliphatic rings. The quantitative estimate of drug-likeness (QED) is 0.784. The lowest BCUT2D eigenvalue weighted by atomic mass is 10.1. The van der Waals surface area contributed by atoms with Gasteiger partial charge in [-0.1, -0.05) is 18.2 Å². The Hall–Kier alpha value is -1.88. The number of amides is 1. The van der Waals surface area contributed by atoms with Crippen LogP contribution in [0.2, 0.25) is 0 Å². The Morgan fingerprint density at radius 2 is 2.28 bits per heavy atom. The predicted molar refractivity (Wildman–Crippen MR) is 67.2 cm³/mol. The third kappa shape index (κ3) is 2.36. The van der Waals surface area contributed by atoms with Crippen molar-refractivity contribution >= 4 is 17.6 Å². The lowest BCUT2D eigenvalue weighted by molar-refractivity contribution is -0.140. The molecule has 0 saturated heterocycles. The highest BCUT2D eigenvalue weighted by molar-refractivity contribution is 6.03. The molecule has 18 heavy (non-hydrogen) atoms. The molecule has 5 nitrogen and oxygen atoms in total. The first-order valence-corrected chi connectivity index (χ1v) is 5.84. The minimum absolute atomic E-state index is 0.0795. The van der Waals surface area contributed by atoms with Crippen LogP contribution in [0.4, 0.5) is 5.69 Å². The van der Waals surface area contributed by atoms with Gasteiger partial charge in [-0.15, -0.1) is 0 Å². The fourth-order valence-electron chi connectivity index (χ4n) is 2.06. The van der Waals surface area contributed by atoms with Crippen LogP contribution >= 0.6 is 0 Å². The first-order chi connectivity index (χ1) is 8.63. The number of aryl methyl sites for hydroxylation is 1. The summed E-state index contributed by atoms with van der Waals surface area (Å²) in [6, 6.07) is 5.40. The van der Waals surface area contributed by atoms with Crippen LogP contribution in [0.1, 0.15) is 23.6 Å². The van der Waals surface area contributed by atoms with Crippen LogP contribution in [-0.4, -0.2) is 25.5 Å². The van der Waals surface area contributed by atoms with Crippen molar-refractivity contribution in [3.63, 3.8) is 0 Å². The molecular weight excluding hydrogens is 232 g/mol. The van der Waals surface area contributed by atoms with E-state index in [1.807, 2.05) is 25.1 Å². The predicted octanol–water partition coefficient (Wildman–Crippen LogP) is 1.14. The van der Waals surface area contributed by atoms with Gasteiger partial charge in [0.25, 0.3) is 0 Å². The van der Waals surface area contributed by atoms with Gasteiger partial charge in [0.05, 0.1) is 13.5 Å². The van der Waals surface area contributed by atoms with Crippen molar-refractivity contribution in [3.05, 3.63) is 29.3 Å². The second-order valence-corrected chi connectivity index (χ2v) is 4.24. The summed E-state index contributed by atoms with van der Waals surface area (Å²) in [7, 11) is 1.35. The Bertz CT molecular complexity index is 485. The number of carbonyl (C=O) groups excluding carboxylic acids is 2. The van der Waals surface area contributed by atoms with E-state index in [-0.39, 0.29) is 24.3 Å². The van der Waals surface area contributed by atoms with Gasteiger partial charge in [-0.2, -0.15) is 0 Å². The molecule has 2 rings (SSSR count). The van der Waals surface area contributed by atoms with Crippen LogP contribution < -0.4 is 10.6 Å². The zero-order valence-corrected chi connectivity index (χ0v) is 10.4. The van der Waals surface area contributed by atoms with Crippen LogP contribution in [0.25, 0.3) is 0 Å². The number of nitrogens with one attached hydrogen (secondary N) is 2. The molecule has 0 bridgehead atoms. The number of hydrogen-bond donors (Lipinski definition) is 2. The number of carbonyl (C=O) groups is 2. The maximum atomic E-state index is 11.8. The summed E-state index contributed by atoms with van der Waals surface area (Å²) in [5.41, 5.74) is 2.85. The van der Waals surface area contributed by atoms with E-state index in [1.54, 1.807) is 0 Å². The first kappa shape index (κ1) is 12.6. The summed E-state index contributed by atoms with van der Waals surface area (Å²) in [4.78, 5) is 22.8. The molecule has 1 atom stereocenters. The lowest BCUT2D eigenvalue weighted by Crippen LogP contribution is -2.29. The first-order valence-electron chi connectivity index (χ1n) is 5.84. The number of benzene rings is 1. The zero-order chi connectivity index (χ0) is 13.1. The average molecular weight is 248 g/mol. The minimum atomic E-state index is -0.385. The number of fused-ring (bicyclic) bond motifs is 1. The number of hydrogen-bond acceptors (Lipinski definition) is 4. The van der Waals surface area contributed by atoms with Gasteiger partial charge < -0.3 is 15.4 Å². The Balaban J connectivity index is 2.05. The van der Waals surface area contributed by atoms with Crippen molar-refractivity contribution < 1.29 is 14.3 Å². The maximum Gasteiger partial charge on any atom is 0.306 e. The summed E-state index contributed by atoms with van der Waals surface area (Å²) in [6.45, 7) is 2.37. The van der Waals surface area contributed by atoms with Gasteiger partial charge in [-0.3, -0.25) is 9.59 Å². The van der Waals surface area contributed by atoms with Crippen molar-refractivity contribution in [1.29, 1.82) is 0 Å². The fraction of sp³-hybridized carbons (Fsp3) is 0.385. The van der Waals surface area contributed by atoms with Crippen LogP contribution in [0, 0.1) is 6.92 Å². The molecule has 0 spiro atoms. The van der Waals surface area contributed by atoms with E-state index in [9.17, 15) is 9.59 Å². The number of esters is 1. The van der Waals surface area contributed by atoms with E-state index in [0.717, 1.165) is 16.8 Å². The molecule has 1 aromatic rings.